The first kappa shape index (κ1) is 24.8. The van der Waals surface area contributed by atoms with Crippen LogP contribution in [0.5, 0.6) is 11.5 Å². The molecule has 4 aromatic rings. The zero-order chi connectivity index (χ0) is 26.3. The smallest absolute Gasteiger partial charge is 0.338 e. The molecule has 0 unspecified atom stereocenters. The van der Waals surface area contributed by atoms with Crippen LogP contribution in [-0.2, 0) is 9.53 Å². The molecule has 1 N–H and O–H groups in total. The second-order valence-electron chi connectivity index (χ2n) is 8.41. The molecule has 0 fully saturated rings. The van der Waals surface area contributed by atoms with Crippen molar-refractivity contribution >= 4 is 45.8 Å². The highest BCUT2D eigenvalue weighted by atomic mass is 35.5. The number of methoxy groups -OCH3 is 1. The molecule has 3 aromatic carbocycles. The maximum Gasteiger partial charge on any atom is 0.338 e. The van der Waals surface area contributed by atoms with E-state index in [9.17, 15) is 14.7 Å². The molecule has 1 aromatic heterocycles. The van der Waals surface area contributed by atoms with Crippen LogP contribution in [0.15, 0.2) is 75.7 Å². The number of carbonyl (C=O) groups excluding carboxylic acids is 1. The molecular weight excluding hydrogens is 512 g/mol. The molecule has 7 nitrogen and oxygen atoms in total. The number of rotatable bonds is 5. The molecule has 1 atom stereocenters. The Morgan fingerprint density at radius 1 is 1.22 bits per heavy atom. The van der Waals surface area contributed by atoms with E-state index in [0.29, 0.717) is 36.9 Å². The molecule has 188 valence electrons. The molecule has 0 saturated heterocycles. The minimum absolute atomic E-state index is 0.00842. The molecule has 2 heterocycles. The molecule has 0 saturated carbocycles. The first-order chi connectivity index (χ1) is 17.8. The normalized spacial score (nSPS) is 15.5. The third-order valence-corrected chi connectivity index (χ3v) is 7.44. The third-order valence-electron chi connectivity index (χ3n) is 6.22. The molecule has 0 spiro atoms. The van der Waals surface area contributed by atoms with Gasteiger partial charge in [0.05, 0.1) is 29.5 Å². The Morgan fingerprint density at radius 3 is 2.76 bits per heavy atom. The molecular formula is C28H23ClN2O5S. The average molecular weight is 535 g/mol. The summed E-state index contributed by atoms with van der Waals surface area (Å²) in [6.07, 6.45) is 1.58. The summed E-state index contributed by atoms with van der Waals surface area (Å²) in [6.45, 7) is 3.64. The molecule has 0 amide bonds. The predicted molar refractivity (Wildman–Crippen MR) is 144 cm³/mol. The topological polar surface area (TPSA) is 90.1 Å². The number of thiazole rings is 1. The lowest BCUT2D eigenvalue weighted by Gasteiger charge is -2.27. The van der Waals surface area contributed by atoms with Gasteiger partial charge in [0.2, 0.25) is 0 Å². The number of aromatic hydroxyl groups is 1. The van der Waals surface area contributed by atoms with Crippen molar-refractivity contribution < 1.29 is 19.4 Å². The summed E-state index contributed by atoms with van der Waals surface area (Å²) in [5, 5.41) is 12.5. The number of carbonyl (C=O) groups is 1. The number of aromatic nitrogens is 1. The van der Waals surface area contributed by atoms with Gasteiger partial charge in [-0.1, -0.05) is 53.3 Å². The van der Waals surface area contributed by atoms with E-state index < -0.39 is 12.0 Å². The van der Waals surface area contributed by atoms with Gasteiger partial charge in [-0.25, -0.2) is 9.79 Å². The summed E-state index contributed by atoms with van der Waals surface area (Å²) in [4.78, 5) is 32.2. The van der Waals surface area contributed by atoms with Crippen molar-refractivity contribution in [3.63, 3.8) is 0 Å². The Bertz CT molecular complexity index is 1770. The minimum atomic E-state index is -0.841. The Labute approximate surface area is 221 Å². The molecule has 9 heteroatoms. The van der Waals surface area contributed by atoms with E-state index in [1.165, 1.54) is 22.0 Å². The number of esters is 1. The van der Waals surface area contributed by atoms with Gasteiger partial charge in [-0.3, -0.25) is 9.36 Å². The highest BCUT2D eigenvalue weighted by Crippen LogP contribution is 2.40. The van der Waals surface area contributed by atoms with E-state index >= 15 is 0 Å². The Kier molecular flexibility index (Phi) is 6.62. The van der Waals surface area contributed by atoms with E-state index in [-0.39, 0.29) is 23.5 Å². The first-order valence-corrected chi connectivity index (χ1v) is 12.8. The van der Waals surface area contributed by atoms with Gasteiger partial charge >= 0.3 is 5.97 Å². The van der Waals surface area contributed by atoms with Crippen LogP contribution >= 0.6 is 22.9 Å². The quantitative estimate of drug-likeness (QED) is 0.385. The van der Waals surface area contributed by atoms with Gasteiger partial charge in [0.25, 0.3) is 5.56 Å². The summed E-state index contributed by atoms with van der Waals surface area (Å²) in [5.41, 5.74) is 1.42. The van der Waals surface area contributed by atoms with Crippen LogP contribution in [0.3, 0.4) is 0 Å². The first-order valence-electron chi connectivity index (χ1n) is 11.6. The maximum absolute atomic E-state index is 13.9. The van der Waals surface area contributed by atoms with Crippen molar-refractivity contribution in [2.45, 2.75) is 19.9 Å². The second-order valence-corrected chi connectivity index (χ2v) is 9.85. The number of ether oxygens (including phenoxy) is 2. The average Bonchev–Trinajstić information content (AvgIpc) is 3.19. The van der Waals surface area contributed by atoms with Crippen LogP contribution in [0, 0.1) is 0 Å². The molecule has 0 aliphatic carbocycles. The standard InChI is InChI=1S/C28H23ClN2O5S/c1-4-36-27(34)23-15(2)30-28-31(26(33)22(37-28)14-17-13-18(29)10-11-20(17)32)25(23)24-19-8-6-5-7-16(19)9-12-21(24)35-3/h5-14,25,32H,4H2,1-3H3/b22-14-/t25-/m1/s1. The van der Waals surface area contributed by atoms with Crippen molar-refractivity contribution in [3.8, 4) is 11.5 Å². The molecule has 1 aliphatic heterocycles. The van der Waals surface area contributed by atoms with Crippen LogP contribution in [0.4, 0.5) is 0 Å². The van der Waals surface area contributed by atoms with Crippen LogP contribution in [0.25, 0.3) is 16.8 Å². The third kappa shape index (κ3) is 4.32. The van der Waals surface area contributed by atoms with Gasteiger partial charge in [0, 0.05) is 16.1 Å². The predicted octanol–water partition coefficient (Wildman–Crippen LogP) is 4.32. The fourth-order valence-corrected chi connectivity index (χ4v) is 5.80. The molecule has 37 heavy (non-hydrogen) atoms. The second kappa shape index (κ2) is 9.88. The fraction of sp³-hybridized carbons (Fsp3) is 0.179. The lowest BCUT2D eigenvalue weighted by molar-refractivity contribution is -0.139. The Balaban J connectivity index is 1.86. The van der Waals surface area contributed by atoms with Crippen molar-refractivity contribution in [1.82, 2.24) is 4.57 Å². The zero-order valence-electron chi connectivity index (χ0n) is 20.3. The minimum Gasteiger partial charge on any atom is -0.507 e. The van der Waals surface area contributed by atoms with Crippen LogP contribution in [-0.4, -0.2) is 29.4 Å². The van der Waals surface area contributed by atoms with Gasteiger partial charge in [-0.05, 0) is 55.0 Å². The monoisotopic (exact) mass is 534 g/mol. The Morgan fingerprint density at radius 2 is 2.00 bits per heavy atom. The lowest BCUT2D eigenvalue weighted by atomic mass is 9.90. The molecule has 0 bridgehead atoms. The van der Waals surface area contributed by atoms with Gasteiger partial charge in [-0.15, -0.1) is 0 Å². The number of allylic oxidation sites excluding steroid dienone is 1. The van der Waals surface area contributed by atoms with Crippen molar-refractivity contribution in [1.29, 1.82) is 0 Å². The zero-order valence-corrected chi connectivity index (χ0v) is 21.9. The largest absolute Gasteiger partial charge is 0.507 e. The van der Waals surface area contributed by atoms with Gasteiger partial charge < -0.3 is 14.6 Å². The van der Waals surface area contributed by atoms with E-state index in [4.69, 9.17) is 21.1 Å². The van der Waals surface area contributed by atoms with Crippen LogP contribution in [0.2, 0.25) is 5.02 Å². The number of hydrogen-bond acceptors (Lipinski definition) is 7. The van der Waals surface area contributed by atoms with Crippen LogP contribution in [0.1, 0.15) is 31.0 Å². The SMILES string of the molecule is CCOC(=O)C1=C(C)N=c2s/c(=C\c3cc(Cl)ccc3O)c(=O)n2[C@H]1c1c(OC)ccc2ccccc12. The number of phenolic OH excluding ortho intramolecular Hbond substituents is 1. The highest BCUT2D eigenvalue weighted by Gasteiger charge is 2.36. The molecule has 1 aliphatic rings. The van der Waals surface area contributed by atoms with E-state index in [0.717, 1.165) is 10.8 Å². The summed E-state index contributed by atoms with van der Waals surface area (Å²) in [6, 6.07) is 15.3. The highest BCUT2D eigenvalue weighted by molar-refractivity contribution is 7.07. The number of fused-ring (bicyclic) bond motifs is 2. The van der Waals surface area contributed by atoms with Crippen molar-refractivity contribution in [2.24, 2.45) is 4.99 Å². The number of hydrogen-bond donors (Lipinski definition) is 1. The number of benzene rings is 3. The number of phenols is 1. The summed E-state index contributed by atoms with van der Waals surface area (Å²) < 4.78 is 13.0. The van der Waals surface area contributed by atoms with Gasteiger partial charge in [0.15, 0.2) is 4.80 Å². The summed E-state index contributed by atoms with van der Waals surface area (Å²) >= 11 is 7.28. The fourth-order valence-electron chi connectivity index (χ4n) is 4.58. The number of nitrogens with zero attached hydrogens (tertiary/aromatic N) is 2. The van der Waals surface area contributed by atoms with Gasteiger partial charge in [0.1, 0.15) is 17.5 Å². The van der Waals surface area contributed by atoms with E-state index in [2.05, 4.69) is 4.99 Å². The van der Waals surface area contributed by atoms with Gasteiger partial charge in [-0.2, -0.15) is 0 Å². The van der Waals surface area contributed by atoms with Crippen LogP contribution < -0.4 is 19.6 Å². The lowest BCUT2D eigenvalue weighted by Crippen LogP contribution is -2.40. The Hall–Kier alpha value is -3.88. The molecule has 0 radical (unpaired) electrons. The maximum atomic E-state index is 13.9. The van der Waals surface area contributed by atoms with E-state index in [1.54, 1.807) is 39.2 Å². The van der Waals surface area contributed by atoms with E-state index in [1.807, 2.05) is 36.4 Å². The number of halogens is 1. The summed E-state index contributed by atoms with van der Waals surface area (Å²) in [5.74, 6) is -0.0290. The van der Waals surface area contributed by atoms with Crippen molar-refractivity contribution in [2.75, 3.05) is 13.7 Å². The summed E-state index contributed by atoms with van der Waals surface area (Å²) in [7, 11) is 1.56. The molecule has 5 rings (SSSR count). The van der Waals surface area contributed by atoms with Crippen molar-refractivity contribution in [3.05, 3.63) is 102 Å².